The molecular formula is C25H40N7O7P. The number of hydrogen-bond donors (Lipinski definition) is 3. The number of unbranched alkanes of at least 4 members (excludes halogenated alkanes) is 2. The zero-order valence-electron chi connectivity index (χ0n) is 23.5. The molecule has 222 valence electrons. The van der Waals surface area contributed by atoms with Crippen molar-refractivity contribution in [1.82, 2.24) is 24.6 Å². The molecule has 0 aromatic carbocycles. The van der Waals surface area contributed by atoms with Crippen molar-refractivity contribution in [3.8, 4) is 0 Å². The van der Waals surface area contributed by atoms with E-state index in [0.717, 1.165) is 12.8 Å². The molecule has 40 heavy (non-hydrogen) atoms. The topological polar surface area (TPSA) is 193 Å². The maximum Gasteiger partial charge on any atom is 0.352 e. The van der Waals surface area contributed by atoms with Crippen LogP contribution in [0.25, 0.3) is 11.2 Å². The summed E-state index contributed by atoms with van der Waals surface area (Å²) >= 11 is 0. The molecule has 15 heteroatoms. The Hall–Kier alpha value is -2.93. The normalized spacial score (nSPS) is 21.7. The van der Waals surface area contributed by atoms with E-state index in [1.807, 2.05) is 13.8 Å². The Kier molecular flexibility index (Phi) is 11.6. The zero-order chi connectivity index (χ0) is 29.3. The Morgan fingerprint density at radius 2 is 1.95 bits per heavy atom. The quantitative estimate of drug-likeness (QED) is 0.121. The average Bonchev–Trinajstić information content (AvgIpc) is 3.51. The number of aliphatic hydroxyl groups is 1. The molecule has 3 rings (SSSR count). The molecule has 5 atom stereocenters. The second kappa shape index (κ2) is 14.6. The number of nitrogens with zero attached hydrogens (tertiary/aromatic N) is 5. The summed E-state index contributed by atoms with van der Waals surface area (Å²) in [5.41, 5.74) is 6.62. The fourth-order valence-corrected chi connectivity index (χ4v) is 6.38. The Morgan fingerprint density at radius 3 is 2.65 bits per heavy atom. The lowest BCUT2D eigenvalue weighted by Gasteiger charge is -2.22. The maximum atomic E-state index is 14.0. The minimum absolute atomic E-state index is 0.0386. The van der Waals surface area contributed by atoms with Crippen LogP contribution in [0.15, 0.2) is 17.4 Å². The number of esters is 2. The summed E-state index contributed by atoms with van der Waals surface area (Å²) in [6.07, 6.45) is 4.16. The van der Waals surface area contributed by atoms with Gasteiger partial charge in [-0.05, 0) is 33.1 Å². The van der Waals surface area contributed by atoms with Crippen LogP contribution in [0.1, 0.15) is 72.4 Å². The van der Waals surface area contributed by atoms with Gasteiger partial charge < -0.3 is 25.1 Å². The molecule has 2 aromatic rings. The lowest BCUT2D eigenvalue weighted by molar-refractivity contribution is -0.145. The van der Waals surface area contributed by atoms with Gasteiger partial charge in [-0.25, -0.2) is 29.6 Å². The van der Waals surface area contributed by atoms with Crippen LogP contribution in [-0.4, -0.2) is 79.9 Å². The first kappa shape index (κ1) is 31.6. The third-order valence-corrected chi connectivity index (χ3v) is 8.69. The standard InChI is InChI=1S/C25H40N7O7P/c1-5-7-10-37-24(34)16(3)30-40(36,31-17(4)25(35)38-11-8-6-2)12-9-18-13-19(33)23(39-18)32-15-29-20-21(26)27-14-28-22(20)32/h14-16,18-19,23,33H,5-13H2,1-4H3,(H,30,36)(H2,26,27,28)/t16-,18+,19+,23+,40?/m0/s1. The Morgan fingerprint density at radius 1 is 1.25 bits per heavy atom. The second-order valence-corrected chi connectivity index (χ2v) is 12.1. The third kappa shape index (κ3) is 8.29. The molecule has 2 aromatic heterocycles. The molecule has 14 nitrogen and oxygen atoms in total. The largest absolute Gasteiger partial charge is 0.465 e. The van der Waals surface area contributed by atoms with Crippen LogP contribution in [0.3, 0.4) is 0 Å². The number of carbonyl (C=O) groups is 2. The highest BCUT2D eigenvalue weighted by atomic mass is 31.2. The fraction of sp³-hybridized carbons (Fsp3) is 0.680. The van der Waals surface area contributed by atoms with E-state index >= 15 is 0 Å². The smallest absolute Gasteiger partial charge is 0.352 e. The molecule has 3 heterocycles. The van der Waals surface area contributed by atoms with E-state index in [1.54, 1.807) is 4.57 Å². The molecule has 0 aliphatic carbocycles. The molecule has 0 amide bonds. The van der Waals surface area contributed by atoms with Crippen molar-refractivity contribution in [1.29, 1.82) is 0 Å². The average molecular weight is 582 g/mol. The maximum absolute atomic E-state index is 14.0. The van der Waals surface area contributed by atoms with Crippen molar-refractivity contribution in [2.75, 3.05) is 25.1 Å². The van der Waals surface area contributed by atoms with E-state index in [-0.39, 0.29) is 43.7 Å². The minimum atomic E-state index is -3.70. The second-order valence-electron chi connectivity index (χ2n) is 9.80. The molecule has 4 N–H and O–H groups in total. The van der Waals surface area contributed by atoms with Crippen LogP contribution in [0.4, 0.5) is 5.82 Å². The highest BCUT2D eigenvalue weighted by Gasteiger charge is 2.38. The molecule has 0 saturated carbocycles. The van der Waals surface area contributed by atoms with Crippen molar-refractivity contribution >= 4 is 42.1 Å². The summed E-state index contributed by atoms with van der Waals surface area (Å²) in [5.74, 6) is -1.02. The Balaban J connectivity index is 1.72. The van der Waals surface area contributed by atoms with Crippen molar-refractivity contribution in [2.24, 2.45) is 4.76 Å². The number of anilines is 1. The first-order valence-corrected chi connectivity index (χ1v) is 15.5. The fourth-order valence-electron chi connectivity index (χ4n) is 4.18. The van der Waals surface area contributed by atoms with Crippen LogP contribution in [0.2, 0.25) is 0 Å². The van der Waals surface area contributed by atoms with Crippen LogP contribution >= 0.6 is 7.44 Å². The van der Waals surface area contributed by atoms with E-state index in [1.165, 1.54) is 26.5 Å². The molecular weight excluding hydrogens is 541 g/mol. The summed E-state index contributed by atoms with van der Waals surface area (Å²) < 4.78 is 36.3. The number of hydrogen-bond acceptors (Lipinski definition) is 11. The van der Waals surface area contributed by atoms with Crippen LogP contribution < -0.4 is 10.8 Å². The van der Waals surface area contributed by atoms with Gasteiger partial charge in [0.2, 0.25) is 0 Å². The van der Waals surface area contributed by atoms with Gasteiger partial charge in [0.05, 0.1) is 25.6 Å². The number of aliphatic hydroxyl groups excluding tert-OH is 1. The number of rotatable bonds is 15. The van der Waals surface area contributed by atoms with Gasteiger partial charge in [-0.15, -0.1) is 0 Å². The van der Waals surface area contributed by atoms with Crippen molar-refractivity contribution in [2.45, 2.75) is 90.7 Å². The number of nitrogens with one attached hydrogen (secondary N) is 1. The van der Waals surface area contributed by atoms with Crippen molar-refractivity contribution < 1.29 is 33.5 Å². The number of ether oxygens (including phenoxy) is 3. The summed E-state index contributed by atoms with van der Waals surface area (Å²) in [7, 11) is -3.70. The molecule has 0 spiro atoms. The number of aromatic nitrogens is 4. The zero-order valence-corrected chi connectivity index (χ0v) is 24.4. The van der Waals surface area contributed by atoms with Crippen LogP contribution in [0, 0.1) is 0 Å². The Bertz CT molecular complexity index is 1240. The molecule has 1 aliphatic heterocycles. The highest BCUT2D eigenvalue weighted by Crippen LogP contribution is 2.46. The molecule has 1 unspecified atom stereocenters. The van der Waals surface area contributed by atoms with E-state index < -0.39 is 43.9 Å². The minimum Gasteiger partial charge on any atom is -0.465 e. The number of nitrogen functional groups attached to an aromatic ring is 1. The van der Waals surface area contributed by atoms with Gasteiger partial charge in [-0.2, -0.15) is 0 Å². The number of fused-ring (bicyclic) bond motifs is 1. The number of imidazole rings is 1. The van der Waals surface area contributed by atoms with Gasteiger partial charge in [-0.1, -0.05) is 26.7 Å². The van der Waals surface area contributed by atoms with Gasteiger partial charge >= 0.3 is 11.9 Å². The van der Waals surface area contributed by atoms with Gasteiger partial charge in [-0.3, -0.25) is 13.9 Å². The summed E-state index contributed by atoms with van der Waals surface area (Å²) in [4.78, 5) is 37.2. The monoisotopic (exact) mass is 581 g/mol. The number of nitrogens with two attached hydrogens (primary N) is 1. The van der Waals surface area contributed by atoms with Gasteiger partial charge in [0.15, 0.2) is 17.7 Å². The Labute approximate surface area is 233 Å². The third-order valence-electron chi connectivity index (χ3n) is 6.41. The molecule has 0 bridgehead atoms. The molecule has 1 saturated heterocycles. The molecule has 1 fully saturated rings. The van der Waals surface area contributed by atoms with Crippen LogP contribution in [0.5, 0.6) is 0 Å². The number of carbonyl (C=O) groups excluding carboxylic acids is 2. The predicted molar refractivity (Wildman–Crippen MR) is 149 cm³/mol. The first-order valence-electron chi connectivity index (χ1n) is 13.6. The molecule has 1 aliphatic rings. The van der Waals surface area contributed by atoms with E-state index in [2.05, 4.69) is 24.8 Å². The van der Waals surface area contributed by atoms with Crippen LogP contribution in [-0.2, 0) is 28.4 Å². The summed E-state index contributed by atoms with van der Waals surface area (Å²) in [6.45, 7) is 7.40. The van der Waals surface area contributed by atoms with E-state index in [4.69, 9.17) is 19.9 Å². The predicted octanol–water partition coefficient (Wildman–Crippen LogP) is 2.77. The lowest BCUT2D eigenvalue weighted by Crippen LogP contribution is -2.34. The summed E-state index contributed by atoms with van der Waals surface area (Å²) in [5, 5.41) is 13.5. The lowest BCUT2D eigenvalue weighted by atomic mass is 10.1. The summed E-state index contributed by atoms with van der Waals surface area (Å²) in [6, 6.07) is -0.930. The van der Waals surface area contributed by atoms with Crippen molar-refractivity contribution in [3.63, 3.8) is 0 Å². The van der Waals surface area contributed by atoms with Crippen molar-refractivity contribution in [3.05, 3.63) is 12.7 Å². The molecule has 0 radical (unpaired) electrons. The van der Waals surface area contributed by atoms with Gasteiger partial charge in [0.25, 0.3) is 7.44 Å². The first-order chi connectivity index (χ1) is 19.1. The van der Waals surface area contributed by atoms with E-state index in [9.17, 15) is 19.3 Å². The highest BCUT2D eigenvalue weighted by molar-refractivity contribution is 7.60. The SMILES string of the molecule is CCCCOC(=O)C(C)=NP(=O)(CC[C@@H]1C[C@@H](O)[C@H](n2cnc3c(N)ncnc32)O1)N[C@@H](C)C(=O)OCCCC. The van der Waals surface area contributed by atoms with E-state index in [0.29, 0.717) is 24.0 Å². The van der Waals surface area contributed by atoms with Gasteiger partial charge in [0, 0.05) is 12.6 Å². The van der Waals surface area contributed by atoms with Gasteiger partial charge in [0.1, 0.15) is 29.7 Å².